The molecule has 2 heterocycles. The van der Waals surface area contributed by atoms with Gasteiger partial charge in [0, 0.05) is 25.0 Å². The number of hydrogen-bond acceptors (Lipinski definition) is 5. The second-order valence-electron chi connectivity index (χ2n) is 6.21. The predicted molar refractivity (Wildman–Crippen MR) is 106 cm³/mol. The second-order valence-corrected chi connectivity index (χ2v) is 6.21. The molecule has 3 rings (SSSR count). The monoisotopic (exact) mass is 453 g/mol. The minimum absolute atomic E-state index is 0. The summed E-state index contributed by atoms with van der Waals surface area (Å²) >= 11 is 0. The summed E-state index contributed by atoms with van der Waals surface area (Å²) in [6, 6.07) is 9.59. The maximum absolute atomic E-state index is 12.7. The van der Waals surface area contributed by atoms with E-state index in [0.29, 0.717) is 31.7 Å². The van der Waals surface area contributed by atoms with Gasteiger partial charge >= 0.3 is 6.18 Å². The van der Waals surface area contributed by atoms with Crippen LogP contribution in [0.4, 0.5) is 18.9 Å². The van der Waals surface area contributed by atoms with Gasteiger partial charge in [0.2, 0.25) is 11.8 Å². The van der Waals surface area contributed by atoms with Crippen LogP contribution in [0.2, 0.25) is 0 Å². The Balaban J connectivity index is 0.00000210. The van der Waals surface area contributed by atoms with Gasteiger partial charge in [-0.15, -0.1) is 24.8 Å². The summed E-state index contributed by atoms with van der Waals surface area (Å²) in [6.07, 6.45) is -3.68. The highest BCUT2D eigenvalue weighted by Gasteiger charge is 2.36. The number of alkyl halides is 3. The van der Waals surface area contributed by atoms with Gasteiger partial charge in [-0.1, -0.05) is 6.07 Å². The Morgan fingerprint density at radius 1 is 1.10 bits per heavy atom. The molecule has 1 amide bonds. The van der Waals surface area contributed by atoms with Crippen molar-refractivity contribution in [2.75, 3.05) is 18.5 Å². The van der Waals surface area contributed by atoms with Gasteiger partial charge in [0.15, 0.2) is 0 Å². The minimum atomic E-state index is -4.55. The number of carbonyl (C=O) groups is 1. The molecule has 1 aromatic carbocycles. The molecule has 0 aliphatic carbocycles. The van der Waals surface area contributed by atoms with E-state index in [9.17, 15) is 18.0 Å². The van der Waals surface area contributed by atoms with Crippen molar-refractivity contribution < 1.29 is 27.4 Å². The molecule has 1 aliphatic heterocycles. The van der Waals surface area contributed by atoms with Crippen LogP contribution in [0.5, 0.6) is 11.6 Å². The maximum Gasteiger partial charge on any atom is 0.433 e. The van der Waals surface area contributed by atoms with Crippen molar-refractivity contribution in [2.24, 2.45) is 5.73 Å². The Hall–Kier alpha value is -2.07. The van der Waals surface area contributed by atoms with Crippen LogP contribution in [-0.2, 0) is 15.7 Å². The molecule has 1 fully saturated rings. The number of nitrogens with zero attached hydrogens (tertiary/aromatic N) is 1. The highest BCUT2D eigenvalue weighted by atomic mass is 35.5. The second kappa shape index (κ2) is 10.1. The number of pyridine rings is 1. The highest BCUT2D eigenvalue weighted by molar-refractivity contribution is 5.98. The fraction of sp³-hybridized carbons (Fsp3) is 0.333. The van der Waals surface area contributed by atoms with E-state index >= 15 is 0 Å². The molecule has 6 nitrogen and oxygen atoms in total. The van der Waals surface area contributed by atoms with E-state index in [4.69, 9.17) is 15.2 Å². The van der Waals surface area contributed by atoms with Crippen molar-refractivity contribution in [1.29, 1.82) is 0 Å². The van der Waals surface area contributed by atoms with E-state index in [1.165, 1.54) is 24.3 Å². The topological polar surface area (TPSA) is 86.5 Å². The summed E-state index contributed by atoms with van der Waals surface area (Å²) in [4.78, 5) is 15.8. The molecule has 1 aliphatic rings. The lowest BCUT2D eigenvalue weighted by Crippen LogP contribution is -2.54. The molecule has 1 saturated heterocycles. The first-order valence-corrected chi connectivity index (χ1v) is 8.27. The number of nitrogens with two attached hydrogens (primary N) is 1. The largest absolute Gasteiger partial charge is 0.439 e. The van der Waals surface area contributed by atoms with Gasteiger partial charge in [0.25, 0.3) is 0 Å². The fourth-order valence-electron chi connectivity index (χ4n) is 2.57. The summed E-state index contributed by atoms with van der Waals surface area (Å²) in [6.45, 7) is 0.862. The van der Waals surface area contributed by atoms with Crippen LogP contribution in [0.15, 0.2) is 42.5 Å². The van der Waals surface area contributed by atoms with Crippen LogP contribution < -0.4 is 15.8 Å². The fourth-order valence-corrected chi connectivity index (χ4v) is 2.57. The summed E-state index contributed by atoms with van der Waals surface area (Å²) in [7, 11) is 0. The van der Waals surface area contributed by atoms with Crippen molar-refractivity contribution in [3.8, 4) is 11.6 Å². The number of ether oxygens (including phenoxy) is 2. The first kappa shape index (κ1) is 25.0. The molecular weight excluding hydrogens is 434 g/mol. The summed E-state index contributed by atoms with van der Waals surface area (Å²) in [5, 5.41) is 2.73. The van der Waals surface area contributed by atoms with Gasteiger partial charge in [-0.05, 0) is 43.2 Å². The van der Waals surface area contributed by atoms with Crippen LogP contribution in [0, 0.1) is 0 Å². The molecule has 0 unspecified atom stereocenters. The first-order valence-electron chi connectivity index (χ1n) is 8.27. The number of nitrogens with one attached hydrogen (secondary N) is 1. The van der Waals surface area contributed by atoms with Crippen LogP contribution >= 0.6 is 24.8 Å². The first-order chi connectivity index (χ1) is 12.8. The van der Waals surface area contributed by atoms with Crippen molar-refractivity contribution >= 4 is 36.4 Å². The zero-order chi connectivity index (χ0) is 19.5. The molecule has 0 bridgehead atoms. The maximum atomic E-state index is 12.7. The third-order valence-corrected chi connectivity index (χ3v) is 4.19. The number of hydrogen-bond donors (Lipinski definition) is 2. The molecule has 11 heteroatoms. The molecule has 160 valence electrons. The van der Waals surface area contributed by atoms with E-state index in [1.54, 1.807) is 12.1 Å². The predicted octanol–water partition coefficient (Wildman–Crippen LogP) is 4.18. The lowest BCUT2D eigenvalue weighted by Gasteiger charge is -2.31. The van der Waals surface area contributed by atoms with Crippen LogP contribution in [-0.4, -0.2) is 29.6 Å². The van der Waals surface area contributed by atoms with Crippen molar-refractivity contribution in [2.45, 2.75) is 24.6 Å². The number of aromatic nitrogens is 1. The van der Waals surface area contributed by atoms with Crippen LogP contribution in [0.3, 0.4) is 0 Å². The number of amides is 1. The minimum Gasteiger partial charge on any atom is -0.439 e. The number of rotatable bonds is 4. The standard InChI is InChI=1S/C18H18F3N3O3.2ClH/c19-18(20,21)14-2-1-3-15(24-14)27-13-6-4-12(5-7-13)23-16(25)17(22)8-10-26-11-9-17;;/h1-7H,8-11,22H2,(H,23,25);2*1H. The molecule has 1 aromatic heterocycles. The molecular formula is C18H20Cl2F3N3O3. The van der Waals surface area contributed by atoms with Gasteiger partial charge in [-0.25, -0.2) is 4.98 Å². The highest BCUT2D eigenvalue weighted by Crippen LogP contribution is 2.30. The van der Waals surface area contributed by atoms with E-state index in [2.05, 4.69) is 10.3 Å². The van der Waals surface area contributed by atoms with Crippen LogP contribution in [0.1, 0.15) is 18.5 Å². The van der Waals surface area contributed by atoms with Gasteiger partial charge in [0.1, 0.15) is 17.0 Å². The molecule has 0 radical (unpaired) electrons. The van der Waals surface area contributed by atoms with Gasteiger partial charge in [-0.3, -0.25) is 4.79 Å². The molecule has 0 spiro atoms. The summed E-state index contributed by atoms with van der Waals surface area (Å²) in [5.41, 5.74) is 4.60. The number of carbonyl (C=O) groups excluding carboxylic acids is 1. The third-order valence-electron chi connectivity index (χ3n) is 4.19. The number of anilines is 1. The average Bonchev–Trinajstić information content (AvgIpc) is 2.63. The normalized spacial score (nSPS) is 15.4. The third kappa shape index (κ3) is 6.46. The summed E-state index contributed by atoms with van der Waals surface area (Å²) < 4.78 is 48.6. The molecule has 2 aromatic rings. The number of benzene rings is 1. The molecule has 0 atom stereocenters. The van der Waals surface area contributed by atoms with Gasteiger partial charge < -0.3 is 20.5 Å². The molecule has 3 N–H and O–H groups in total. The summed E-state index contributed by atoms with van der Waals surface area (Å²) in [5.74, 6) is -0.197. The average molecular weight is 454 g/mol. The number of halogens is 5. The smallest absolute Gasteiger partial charge is 0.433 e. The molecule has 0 saturated carbocycles. The molecule has 29 heavy (non-hydrogen) atoms. The van der Waals surface area contributed by atoms with Gasteiger partial charge in [0.05, 0.1) is 0 Å². The zero-order valence-electron chi connectivity index (χ0n) is 15.1. The quantitative estimate of drug-likeness (QED) is 0.724. The van der Waals surface area contributed by atoms with Crippen LogP contribution in [0.25, 0.3) is 0 Å². The lowest BCUT2D eigenvalue weighted by molar-refractivity contribution is -0.141. The van der Waals surface area contributed by atoms with E-state index in [1.807, 2.05) is 0 Å². The van der Waals surface area contributed by atoms with Crippen molar-refractivity contribution in [3.05, 3.63) is 48.2 Å². The van der Waals surface area contributed by atoms with Crippen molar-refractivity contribution in [3.63, 3.8) is 0 Å². The Labute approximate surface area is 177 Å². The lowest BCUT2D eigenvalue weighted by atomic mass is 9.90. The Morgan fingerprint density at radius 2 is 1.72 bits per heavy atom. The zero-order valence-corrected chi connectivity index (χ0v) is 16.7. The van der Waals surface area contributed by atoms with E-state index < -0.39 is 17.4 Å². The van der Waals surface area contributed by atoms with E-state index in [-0.39, 0.29) is 42.4 Å². The van der Waals surface area contributed by atoms with Crippen molar-refractivity contribution in [1.82, 2.24) is 4.98 Å². The van der Waals surface area contributed by atoms with E-state index in [0.717, 1.165) is 6.07 Å². The van der Waals surface area contributed by atoms with Gasteiger partial charge in [-0.2, -0.15) is 13.2 Å². The Bertz CT molecular complexity index is 814. The SMILES string of the molecule is Cl.Cl.NC1(C(=O)Nc2ccc(Oc3cccc(C(F)(F)F)n3)cc2)CCOCC1. The Kier molecular flexibility index (Phi) is 8.70. The Morgan fingerprint density at radius 3 is 2.31 bits per heavy atom.